The molecule has 3 heterocycles. The number of fused-ring (bicyclic) bond motifs is 1. The molecule has 130 valence electrons. The number of aromatic nitrogens is 4. The molecule has 0 radical (unpaired) electrons. The molecule has 0 spiro atoms. The van der Waals surface area contributed by atoms with E-state index in [4.69, 9.17) is 8.94 Å². The number of furan rings is 1. The van der Waals surface area contributed by atoms with Crippen molar-refractivity contribution < 1.29 is 13.7 Å². The van der Waals surface area contributed by atoms with Crippen molar-refractivity contribution in [3.63, 3.8) is 0 Å². The van der Waals surface area contributed by atoms with Gasteiger partial charge >= 0.3 is 0 Å². The second kappa shape index (κ2) is 5.65. The van der Waals surface area contributed by atoms with E-state index in [9.17, 15) is 4.79 Å². The van der Waals surface area contributed by atoms with Gasteiger partial charge in [0.1, 0.15) is 17.9 Å². The summed E-state index contributed by atoms with van der Waals surface area (Å²) < 4.78 is 10.6. The summed E-state index contributed by atoms with van der Waals surface area (Å²) in [5, 5.41) is 7.90. The van der Waals surface area contributed by atoms with Crippen molar-refractivity contribution in [1.29, 1.82) is 0 Å². The molecule has 3 aromatic heterocycles. The van der Waals surface area contributed by atoms with Crippen LogP contribution in [0.25, 0.3) is 11.1 Å². The van der Waals surface area contributed by atoms with Gasteiger partial charge in [0.15, 0.2) is 11.6 Å². The number of rotatable bonds is 6. The summed E-state index contributed by atoms with van der Waals surface area (Å²) in [5.74, 6) is 2.17. The van der Waals surface area contributed by atoms with Gasteiger partial charge in [-0.2, -0.15) is 4.98 Å². The van der Waals surface area contributed by atoms with E-state index in [0.29, 0.717) is 46.4 Å². The second-order valence-corrected chi connectivity index (χ2v) is 6.77. The highest BCUT2D eigenvalue weighted by atomic mass is 16.5. The molecule has 1 aliphatic rings. The largest absolute Gasteiger partial charge is 0.442 e. The van der Waals surface area contributed by atoms with Crippen LogP contribution in [0.1, 0.15) is 54.0 Å². The minimum absolute atomic E-state index is 0.0366. The summed E-state index contributed by atoms with van der Waals surface area (Å²) in [7, 11) is 0. The van der Waals surface area contributed by atoms with Crippen LogP contribution in [0, 0.1) is 13.8 Å². The van der Waals surface area contributed by atoms with E-state index in [1.54, 1.807) is 13.8 Å². The molecule has 3 aromatic rings. The highest BCUT2D eigenvalue weighted by molar-refractivity contribution is 6.11. The summed E-state index contributed by atoms with van der Waals surface area (Å²) in [6.45, 7) is 5.63. The van der Waals surface area contributed by atoms with Gasteiger partial charge < -0.3 is 14.3 Å². The van der Waals surface area contributed by atoms with Crippen molar-refractivity contribution >= 4 is 22.7 Å². The number of nitrogens with zero attached hydrogens (tertiary/aromatic N) is 4. The second-order valence-electron chi connectivity index (χ2n) is 6.77. The number of Topliss-reactive ketones (excluding diaryl/α,β-unsaturated/α-hetero) is 1. The molecule has 0 atom stereocenters. The Labute approximate surface area is 144 Å². The summed E-state index contributed by atoms with van der Waals surface area (Å²) in [5.41, 5.74) is 0.996. The van der Waals surface area contributed by atoms with Crippen molar-refractivity contribution in [2.75, 3.05) is 5.32 Å². The lowest BCUT2D eigenvalue weighted by Gasteiger charge is -2.12. The average Bonchev–Trinajstić information content (AvgIpc) is 2.99. The maximum Gasteiger partial charge on any atom is 0.232 e. The Kier molecular flexibility index (Phi) is 3.55. The van der Waals surface area contributed by atoms with Crippen molar-refractivity contribution in [3.8, 4) is 0 Å². The van der Waals surface area contributed by atoms with Crippen LogP contribution in [0.3, 0.4) is 0 Å². The predicted octanol–water partition coefficient (Wildman–Crippen LogP) is 3.00. The normalized spacial score (nSPS) is 15.5. The van der Waals surface area contributed by atoms with E-state index in [1.165, 1.54) is 6.33 Å². The third-order valence-electron chi connectivity index (χ3n) is 4.51. The fourth-order valence-corrected chi connectivity index (χ4v) is 2.87. The van der Waals surface area contributed by atoms with Crippen LogP contribution in [0.4, 0.5) is 5.82 Å². The van der Waals surface area contributed by atoms with E-state index >= 15 is 0 Å². The zero-order valence-corrected chi connectivity index (χ0v) is 14.4. The Morgan fingerprint density at radius 2 is 2.12 bits per heavy atom. The van der Waals surface area contributed by atoms with E-state index in [2.05, 4.69) is 32.3 Å². The first-order valence-electron chi connectivity index (χ1n) is 8.30. The van der Waals surface area contributed by atoms with Gasteiger partial charge in [0.2, 0.25) is 11.6 Å². The molecule has 1 aliphatic carbocycles. The topological polar surface area (TPSA) is 107 Å². The van der Waals surface area contributed by atoms with Gasteiger partial charge in [-0.25, -0.2) is 9.97 Å². The molecule has 0 bridgehead atoms. The molecule has 25 heavy (non-hydrogen) atoms. The highest BCUT2D eigenvalue weighted by Crippen LogP contribution is 2.40. The lowest BCUT2D eigenvalue weighted by Crippen LogP contribution is -2.17. The number of anilines is 1. The quantitative estimate of drug-likeness (QED) is 0.682. The van der Waals surface area contributed by atoms with Gasteiger partial charge in [-0.15, -0.1) is 0 Å². The first-order valence-corrected chi connectivity index (χ1v) is 8.30. The number of hydrogen-bond acceptors (Lipinski definition) is 8. The number of carbonyl (C=O) groups is 1. The van der Waals surface area contributed by atoms with Crippen molar-refractivity contribution in [2.45, 2.75) is 52.0 Å². The van der Waals surface area contributed by atoms with Crippen LogP contribution in [0.15, 0.2) is 15.3 Å². The zero-order chi connectivity index (χ0) is 17.6. The van der Waals surface area contributed by atoms with Crippen molar-refractivity contribution in [1.82, 2.24) is 20.1 Å². The molecule has 8 nitrogen and oxygen atoms in total. The summed E-state index contributed by atoms with van der Waals surface area (Å²) >= 11 is 0. The Balaban J connectivity index is 1.65. The standard InChI is InChI=1S/C17H19N5O3/c1-9-13(11(23)4-5-12-20-10(2)25-22-12)14-15(21-17(3)6-7-17)18-8-19-16(14)24-9/h8H,4-7H2,1-3H3,(H,18,19,21). The number of hydrogen-bond donors (Lipinski definition) is 1. The fourth-order valence-electron chi connectivity index (χ4n) is 2.87. The molecule has 0 amide bonds. The van der Waals surface area contributed by atoms with Crippen LogP contribution in [-0.2, 0) is 6.42 Å². The monoisotopic (exact) mass is 341 g/mol. The van der Waals surface area contributed by atoms with Crippen LogP contribution >= 0.6 is 0 Å². The van der Waals surface area contributed by atoms with Gasteiger partial charge in [0, 0.05) is 25.3 Å². The molecule has 0 unspecified atom stereocenters. The minimum atomic E-state index is -0.0440. The molecule has 0 saturated heterocycles. The maximum absolute atomic E-state index is 12.8. The summed E-state index contributed by atoms with van der Waals surface area (Å²) in [6.07, 6.45) is 4.29. The van der Waals surface area contributed by atoms with Crippen molar-refractivity contribution in [2.24, 2.45) is 0 Å². The molecular weight excluding hydrogens is 322 g/mol. The molecule has 0 aromatic carbocycles. The molecular formula is C17H19N5O3. The van der Waals surface area contributed by atoms with Crippen molar-refractivity contribution in [3.05, 3.63) is 29.4 Å². The third-order valence-corrected chi connectivity index (χ3v) is 4.51. The molecule has 1 saturated carbocycles. The minimum Gasteiger partial charge on any atom is -0.442 e. The SMILES string of the molecule is Cc1nc(CCC(=O)c2c(C)oc3ncnc(NC4(C)CC4)c23)no1. The number of aryl methyl sites for hydroxylation is 3. The predicted molar refractivity (Wildman–Crippen MR) is 89.5 cm³/mol. The zero-order valence-electron chi connectivity index (χ0n) is 14.4. The van der Waals surface area contributed by atoms with E-state index in [0.717, 1.165) is 12.8 Å². The third kappa shape index (κ3) is 2.99. The Morgan fingerprint density at radius 3 is 2.80 bits per heavy atom. The fraction of sp³-hybridized carbons (Fsp3) is 0.471. The maximum atomic E-state index is 12.8. The van der Waals surface area contributed by atoms with E-state index in [-0.39, 0.29) is 17.7 Å². The van der Waals surface area contributed by atoms with E-state index < -0.39 is 0 Å². The lowest BCUT2D eigenvalue weighted by molar-refractivity contribution is 0.0982. The number of nitrogens with one attached hydrogen (secondary N) is 1. The Hall–Kier alpha value is -2.77. The smallest absolute Gasteiger partial charge is 0.232 e. The molecule has 0 aliphatic heterocycles. The first kappa shape index (κ1) is 15.7. The Morgan fingerprint density at radius 1 is 1.32 bits per heavy atom. The highest BCUT2D eigenvalue weighted by Gasteiger charge is 2.38. The van der Waals surface area contributed by atoms with Crippen LogP contribution < -0.4 is 5.32 Å². The van der Waals surface area contributed by atoms with Crippen LogP contribution in [-0.4, -0.2) is 31.4 Å². The van der Waals surface area contributed by atoms with Gasteiger partial charge in [0.25, 0.3) is 0 Å². The lowest BCUT2D eigenvalue weighted by atomic mass is 10.0. The molecule has 1 fully saturated rings. The van der Waals surface area contributed by atoms with Gasteiger partial charge in [-0.1, -0.05) is 5.16 Å². The number of carbonyl (C=O) groups excluding carboxylic acids is 1. The van der Waals surface area contributed by atoms with Gasteiger partial charge in [-0.3, -0.25) is 4.79 Å². The van der Waals surface area contributed by atoms with Gasteiger partial charge in [-0.05, 0) is 26.7 Å². The molecule has 8 heteroatoms. The number of ketones is 1. The average molecular weight is 341 g/mol. The van der Waals surface area contributed by atoms with Crippen LogP contribution in [0.2, 0.25) is 0 Å². The molecule has 1 N–H and O–H groups in total. The summed E-state index contributed by atoms with van der Waals surface area (Å²) in [4.78, 5) is 25.5. The summed E-state index contributed by atoms with van der Waals surface area (Å²) in [6, 6.07) is 0. The Bertz CT molecular complexity index is 955. The first-order chi connectivity index (χ1) is 12.0. The van der Waals surface area contributed by atoms with Crippen LogP contribution in [0.5, 0.6) is 0 Å². The molecule has 4 rings (SSSR count). The van der Waals surface area contributed by atoms with Gasteiger partial charge in [0.05, 0.1) is 10.9 Å². The van der Waals surface area contributed by atoms with E-state index in [1.807, 2.05) is 0 Å².